The smallest absolute Gasteiger partial charge is 0.413 e. The summed E-state index contributed by atoms with van der Waals surface area (Å²) in [6.45, 7) is 3.26. The highest BCUT2D eigenvalue weighted by molar-refractivity contribution is 5.84. The topological polar surface area (TPSA) is 96.7 Å². The van der Waals surface area contributed by atoms with E-state index in [-0.39, 0.29) is 12.0 Å². The van der Waals surface area contributed by atoms with Crippen LogP contribution in [0.3, 0.4) is 0 Å². The Balaban J connectivity index is 1.39. The molecular formula is C24H26N4O4. The Hall–Kier alpha value is -3.81. The number of anilines is 2. The van der Waals surface area contributed by atoms with Crippen molar-refractivity contribution in [3.05, 3.63) is 72.4 Å². The maximum absolute atomic E-state index is 12.4. The van der Waals surface area contributed by atoms with Gasteiger partial charge in [0.15, 0.2) is 0 Å². The number of benzene rings is 2. The molecule has 2 heterocycles. The van der Waals surface area contributed by atoms with Crippen LogP contribution in [0.1, 0.15) is 31.4 Å². The van der Waals surface area contributed by atoms with E-state index in [2.05, 4.69) is 15.3 Å². The van der Waals surface area contributed by atoms with E-state index in [4.69, 9.17) is 9.84 Å². The second kappa shape index (κ2) is 9.55. The number of carboxylic acids is 1. The molecule has 0 bridgehead atoms. The second-order valence-corrected chi connectivity index (χ2v) is 7.83. The summed E-state index contributed by atoms with van der Waals surface area (Å²) in [4.78, 5) is 25.7. The molecule has 0 spiro atoms. The van der Waals surface area contributed by atoms with E-state index < -0.39 is 12.1 Å². The summed E-state index contributed by atoms with van der Waals surface area (Å²) in [6, 6.07) is 19.1. The van der Waals surface area contributed by atoms with Crippen LogP contribution < -0.4 is 10.2 Å². The highest BCUT2D eigenvalue weighted by Gasteiger charge is 2.24. The minimum absolute atomic E-state index is 0.257. The molecule has 8 nitrogen and oxygen atoms in total. The summed E-state index contributed by atoms with van der Waals surface area (Å²) in [5.74, 6) is -0.465. The monoisotopic (exact) mass is 434 g/mol. The number of nitrogens with zero attached hydrogens (tertiary/aromatic N) is 3. The summed E-state index contributed by atoms with van der Waals surface area (Å²) < 4.78 is 7.12. The fourth-order valence-electron chi connectivity index (χ4n) is 3.88. The van der Waals surface area contributed by atoms with E-state index in [0.29, 0.717) is 18.7 Å². The van der Waals surface area contributed by atoms with E-state index in [9.17, 15) is 9.59 Å². The Labute approximate surface area is 186 Å². The molecule has 2 N–H and O–H groups in total. The molecule has 0 saturated carbocycles. The quantitative estimate of drug-likeness (QED) is 0.594. The fraction of sp³-hybridized carbons (Fsp3) is 0.292. The Morgan fingerprint density at radius 2 is 1.69 bits per heavy atom. The van der Waals surface area contributed by atoms with Crippen LogP contribution in [0.15, 0.2) is 66.9 Å². The lowest BCUT2D eigenvalue weighted by molar-refractivity contribution is -0.142. The zero-order valence-corrected chi connectivity index (χ0v) is 17.8. The maximum atomic E-state index is 12.4. The van der Waals surface area contributed by atoms with Gasteiger partial charge in [-0.25, -0.2) is 9.48 Å². The van der Waals surface area contributed by atoms with Gasteiger partial charge in [0, 0.05) is 24.8 Å². The third-order valence-corrected chi connectivity index (χ3v) is 5.73. The molecular weight excluding hydrogens is 408 g/mol. The predicted octanol–water partition coefficient (Wildman–Crippen LogP) is 4.48. The van der Waals surface area contributed by atoms with Crippen molar-refractivity contribution < 1.29 is 19.4 Å². The maximum Gasteiger partial charge on any atom is 0.413 e. The van der Waals surface area contributed by atoms with Gasteiger partial charge in [0.1, 0.15) is 11.9 Å². The molecule has 1 aromatic heterocycles. The number of carboxylic acid groups (broad SMARTS) is 1. The third kappa shape index (κ3) is 4.91. The van der Waals surface area contributed by atoms with Crippen molar-refractivity contribution in [2.75, 3.05) is 23.3 Å². The van der Waals surface area contributed by atoms with Crippen LogP contribution in [0, 0.1) is 5.92 Å². The standard InChI is InChI=1S/C24H26N4O4/c1-17(18-5-3-2-4-6-18)32-24(31)26-22-11-14-25-28(22)21-9-7-20(8-10-21)27-15-12-19(13-16-27)23(29)30/h2-11,14,17,19H,12-13,15-16H2,1H3,(H,26,31)(H,29,30). The summed E-state index contributed by atoms with van der Waals surface area (Å²) >= 11 is 0. The molecule has 1 fully saturated rings. The van der Waals surface area contributed by atoms with E-state index >= 15 is 0 Å². The first-order valence-electron chi connectivity index (χ1n) is 10.7. The number of carbonyl (C=O) groups excluding carboxylic acids is 1. The van der Waals surface area contributed by atoms with Gasteiger partial charge < -0.3 is 14.7 Å². The largest absolute Gasteiger partial charge is 0.481 e. The molecule has 1 atom stereocenters. The molecule has 1 unspecified atom stereocenters. The van der Waals surface area contributed by atoms with Gasteiger partial charge in [-0.15, -0.1) is 0 Å². The molecule has 166 valence electrons. The average Bonchev–Trinajstić information content (AvgIpc) is 3.27. The first-order valence-corrected chi connectivity index (χ1v) is 10.7. The molecule has 1 aliphatic heterocycles. The number of hydrogen-bond donors (Lipinski definition) is 2. The van der Waals surface area contributed by atoms with Crippen LogP contribution in [0.2, 0.25) is 0 Å². The van der Waals surface area contributed by atoms with Gasteiger partial charge >= 0.3 is 12.1 Å². The number of hydrogen-bond acceptors (Lipinski definition) is 5. The molecule has 4 rings (SSSR count). The lowest BCUT2D eigenvalue weighted by Crippen LogP contribution is -2.36. The van der Waals surface area contributed by atoms with Crippen molar-refractivity contribution in [3.63, 3.8) is 0 Å². The van der Waals surface area contributed by atoms with E-state index in [1.165, 1.54) is 0 Å². The molecule has 8 heteroatoms. The Morgan fingerprint density at radius 1 is 1.03 bits per heavy atom. The lowest BCUT2D eigenvalue weighted by atomic mass is 9.97. The predicted molar refractivity (Wildman–Crippen MR) is 121 cm³/mol. The number of nitrogens with one attached hydrogen (secondary N) is 1. The van der Waals surface area contributed by atoms with Crippen LogP contribution in [0.25, 0.3) is 5.69 Å². The van der Waals surface area contributed by atoms with Gasteiger partial charge in [0.25, 0.3) is 0 Å². The Bertz CT molecular complexity index is 1060. The number of rotatable bonds is 6. The second-order valence-electron chi connectivity index (χ2n) is 7.83. The van der Waals surface area contributed by atoms with Crippen molar-refractivity contribution in [1.29, 1.82) is 0 Å². The van der Waals surface area contributed by atoms with Crippen molar-refractivity contribution in [1.82, 2.24) is 9.78 Å². The van der Waals surface area contributed by atoms with Crippen LogP contribution in [0.5, 0.6) is 0 Å². The molecule has 32 heavy (non-hydrogen) atoms. The van der Waals surface area contributed by atoms with E-state index in [1.807, 2.05) is 61.5 Å². The Morgan fingerprint density at radius 3 is 2.34 bits per heavy atom. The SMILES string of the molecule is CC(OC(=O)Nc1ccnn1-c1ccc(N2CCC(C(=O)O)CC2)cc1)c1ccccc1. The van der Waals surface area contributed by atoms with Gasteiger partial charge in [0.05, 0.1) is 17.8 Å². The first kappa shape index (κ1) is 21.4. The Kier molecular flexibility index (Phi) is 6.39. The van der Waals surface area contributed by atoms with Gasteiger partial charge in [-0.05, 0) is 49.6 Å². The van der Waals surface area contributed by atoms with Crippen LogP contribution >= 0.6 is 0 Å². The normalized spacial score (nSPS) is 15.2. The summed E-state index contributed by atoms with van der Waals surface area (Å²) in [5, 5.41) is 16.2. The number of piperidine rings is 1. The summed E-state index contributed by atoms with van der Waals surface area (Å²) in [7, 11) is 0. The van der Waals surface area contributed by atoms with Gasteiger partial charge in [0.2, 0.25) is 0 Å². The van der Waals surface area contributed by atoms with Crippen molar-refractivity contribution in [2.24, 2.45) is 5.92 Å². The minimum atomic E-state index is -0.713. The highest BCUT2D eigenvalue weighted by atomic mass is 16.6. The lowest BCUT2D eigenvalue weighted by Gasteiger charge is -2.32. The summed E-state index contributed by atoms with van der Waals surface area (Å²) in [5.41, 5.74) is 2.75. The molecule has 1 saturated heterocycles. The number of carbonyl (C=O) groups is 2. The van der Waals surface area contributed by atoms with Crippen molar-refractivity contribution in [3.8, 4) is 5.69 Å². The number of aliphatic carboxylic acids is 1. The number of ether oxygens (including phenoxy) is 1. The summed E-state index contributed by atoms with van der Waals surface area (Å²) in [6.07, 6.45) is 1.97. The number of amides is 1. The molecule has 0 radical (unpaired) electrons. The van der Waals surface area contributed by atoms with Crippen LogP contribution in [-0.2, 0) is 9.53 Å². The highest BCUT2D eigenvalue weighted by Crippen LogP contribution is 2.25. The minimum Gasteiger partial charge on any atom is -0.481 e. The van der Waals surface area contributed by atoms with Crippen LogP contribution in [-0.4, -0.2) is 40.0 Å². The van der Waals surface area contributed by atoms with E-state index in [0.717, 1.165) is 30.0 Å². The van der Waals surface area contributed by atoms with Gasteiger partial charge in [-0.1, -0.05) is 30.3 Å². The zero-order valence-electron chi connectivity index (χ0n) is 17.8. The van der Waals surface area contributed by atoms with Crippen molar-refractivity contribution in [2.45, 2.75) is 25.9 Å². The van der Waals surface area contributed by atoms with Gasteiger partial charge in [-0.2, -0.15) is 5.10 Å². The number of aromatic nitrogens is 2. The van der Waals surface area contributed by atoms with Crippen LogP contribution in [0.4, 0.5) is 16.3 Å². The molecule has 1 amide bonds. The molecule has 1 aliphatic rings. The molecule has 0 aliphatic carbocycles. The van der Waals surface area contributed by atoms with Gasteiger partial charge in [-0.3, -0.25) is 10.1 Å². The van der Waals surface area contributed by atoms with E-state index in [1.54, 1.807) is 16.9 Å². The van der Waals surface area contributed by atoms with Crippen molar-refractivity contribution >= 4 is 23.6 Å². The first-order chi connectivity index (χ1) is 15.5. The molecule has 2 aromatic carbocycles. The zero-order chi connectivity index (χ0) is 22.5. The molecule has 3 aromatic rings. The third-order valence-electron chi connectivity index (χ3n) is 5.73. The fourth-order valence-corrected chi connectivity index (χ4v) is 3.88. The average molecular weight is 434 g/mol.